The van der Waals surface area contributed by atoms with Gasteiger partial charge in [-0.15, -0.1) is 11.8 Å². The molecule has 1 aromatic heterocycles. The van der Waals surface area contributed by atoms with E-state index in [0.29, 0.717) is 0 Å². The van der Waals surface area contributed by atoms with Crippen molar-refractivity contribution in [1.29, 1.82) is 0 Å². The van der Waals surface area contributed by atoms with E-state index in [-0.39, 0.29) is 0 Å². The third-order valence-corrected chi connectivity index (χ3v) is 2.74. The van der Waals surface area contributed by atoms with E-state index >= 15 is 0 Å². The number of hydrogen-bond donors (Lipinski definition) is 1. The molecule has 0 aromatic carbocycles. The molecule has 1 rings (SSSR count). The summed E-state index contributed by atoms with van der Waals surface area (Å²) in [6, 6.07) is 1.89. The van der Waals surface area contributed by atoms with E-state index < -0.39 is 0 Å². The van der Waals surface area contributed by atoms with Crippen LogP contribution in [0.4, 0.5) is 0 Å². The molecule has 0 aliphatic rings. The molecule has 64 valence electrons. The molecule has 0 aliphatic carbocycles. The minimum Gasteiger partial charge on any atom is -0.245 e. The number of rotatable bonds is 4. The van der Waals surface area contributed by atoms with E-state index in [1.165, 1.54) is 0 Å². The number of thioether (sulfide) groups is 1. The lowest BCUT2D eigenvalue weighted by atomic mass is 10.4. The molecule has 0 amide bonds. The largest absolute Gasteiger partial charge is 0.245 e. The molecule has 1 heterocycles. The van der Waals surface area contributed by atoms with Crippen molar-refractivity contribution in [2.24, 2.45) is 0 Å². The number of hydrogen-bond acceptors (Lipinski definition) is 4. The highest BCUT2D eigenvalue weighted by Gasteiger charge is 1.95. The SMILES string of the molecule is C=C(CS)CSc1ccncn1. The van der Waals surface area contributed by atoms with Crippen LogP contribution in [0.3, 0.4) is 0 Å². The minimum atomic E-state index is 0.734. The Morgan fingerprint density at radius 3 is 3.08 bits per heavy atom. The molecule has 0 atom stereocenters. The van der Waals surface area contributed by atoms with Crippen molar-refractivity contribution in [3.05, 3.63) is 30.7 Å². The quantitative estimate of drug-likeness (QED) is 0.347. The summed E-state index contributed by atoms with van der Waals surface area (Å²) in [6.45, 7) is 3.85. The highest BCUT2D eigenvalue weighted by atomic mass is 32.2. The molecule has 12 heavy (non-hydrogen) atoms. The molecule has 0 saturated heterocycles. The third-order valence-electron chi connectivity index (χ3n) is 1.20. The number of thiol groups is 1. The predicted octanol–water partition coefficient (Wildman–Crippen LogP) is 2.05. The normalized spacial score (nSPS) is 9.75. The van der Waals surface area contributed by atoms with Crippen molar-refractivity contribution >= 4 is 24.4 Å². The molecular formula is C8H10N2S2. The smallest absolute Gasteiger partial charge is 0.116 e. The molecule has 0 unspecified atom stereocenters. The summed E-state index contributed by atoms with van der Waals surface area (Å²) in [5.74, 6) is 1.61. The van der Waals surface area contributed by atoms with E-state index in [1.54, 1.807) is 24.3 Å². The maximum Gasteiger partial charge on any atom is 0.116 e. The Kier molecular flexibility index (Phi) is 4.18. The Balaban J connectivity index is 2.38. The lowest BCUT2D eigenvalue weighted by Gasteiger charge is -1.99. The Bertz CT molecular complexity index is 248. The zero-order valence-electron chi connectivity index (χ0n) is 6.60. The highest BCUT2D eigenvalue weighted by molar-refractivity contribution is 7.99. The molecule has 0 radical (unpaired) electrons. The Morgan fingerprint density at radius 1 is 1.67 bits per heavy atom. The molecule has 0 N–H and O–H groups in total. The third kappa shape index (κ3) is 3.28. The first-order chi connectivity index (χ1) is 5.83. The summed E-state index contributed by atoms with van der Waals surface area (Å²) in [5, 5.41) is 0.980. The summed E-state index contributed by atoms with van der Waals surface area (Å²) >= 11 is 5.77. The molecule has 0 bridgehead atoms. The van der Waals surface area contributed by atoms with Crippen LogP contribution in [0.25, 0.3) is 0 Å². The van der Waals surface area contributed by atoms with Gasteiger partial charge in [0, 0.05) is 17.7 Å². The first-order valence-corrected chi connectivity index (χ1v) is 5.11. The van der Waals surface area contributed by atoms with Crippen LogP contribution in [0.5, 0.6) is 0 Å². The molecule has 0 spiro atoms. The van der Waals surface area contributed by atoms with Gasteiger partial charge >= 0.3 is 0 Å². The minimum absolute atomic E-state index is 0.734. The number of nitrogens with zero attached hydrogens (tertiary/aromatic N) is 2. The fourth-order valence-electron chi connectivity index (χ4n) is 0.586. The van der Waals surface area contributed by atoms with Gasteiger partial charge in [0.05, 0.1) is 5.03 Å². The first-order valence-electron chi connectivity index (χ1n) is 3.49. The van der Waals surface area contributed by atoms with Crippen molar-refractivity contribution in [2.45, 2.75) is 5.03 Å². The van der Waals surface area contributed by atoms with E-state index in [2.05, 4.69) is 29.2 Å². The summed E-state index contributed by atoms with van der Waals surface area (Å²) in [5.41, 5.74) is 1.11. The van der Waals surface area contributed by atoms with Gasteiger partial charge in [0.15, 0.2) is 0 Å². The molecule has 0 aliphatic heterocycles. The summed E-state index contributed by atoms with van der Waals surface area (Å²) in [7, 11) is 0. The summed E-state index contributed by atoms with van der Waals surface area (Å²) in [6.07, 6.45) is 3.28. The second kappa shape index (κ2) is 5.22. The monoisotopic (exact) mass is 198 g/mol. The Labute approximate surface area is 81.9 Å². The topological polar surface area (TPSA) is 25.8 Å². The average Bonchev–Trinajstić information content (AvgIpc) is 2.16. The van der Waals surface area contributed by atoms with E-state index in [1.807, 2.05) is 6.07 Å². The predicted molar refractivity (Wildman–Crippen MR) is 55.7 cm³/mol. The molecule has 0 fully saturated rings. The molecular weight excluding hydrogens is 188 g/mol. The van der Waals surface area contributed by atoms with Crippen LogP contribution in [0.1, 0.15) is 0 Å². The van der Waals surface area contributed by atoms with Gasteiger partial charge in [-0.2, -0.15) is 12.6 Å². The standard InChI is InChI=1S/C8H10N2S2/c1-7(4-11)5-12-8-2-3-9-6-10-8/h2-3,6,11H,1,4-5H2. The molecule has 4 heteroatoms. The van der Waals surface area contributed by atoms with Crippen LogP contribution in [0.2, 0.25) is 0 Å². The first kappa shape index (κ1) is 9.61. The second-order valence-corrected chi connectivity index (χ2v) is 3.56. The van der Waals surface area contributed by atoms with Crippen molar-refractivity contribution in [3.63, 3.8) is 0 Å². The van der Waals surface area contributed by atoms with Gasteiger partial charge < -0.3 is 0 Å². The van der Waals surface area contributed by atoms with E-state index in [4.69, 9.17) is 0 Å². The number of aromatic nitrogens is 2. The van der Waals surface area contributed by atoms with Crippen LogP contribution >= 0.6 is 24.4 Å². The van der Waals surface area contributed by atoms with Gasteiger partial charge in [0.2, 0.25) is 0 Å². The fourth-order valence-corrected chi connectivity index (χ4v) is 1.58. The van der Waals surface area contributed by atoms with Crippen LogP contribution in [0.15, 0.2) is 35.8 Å². The zero-order chi connectivity index (χ0) is 8.81. The second-order valence-electron chi connectivity index (χ2n) is 2.24. The summed E-state index contributed by atoms with van der Waals surface area (Å²) in [4.78, 5) is 7.90. The van der Waals surface area contributed by atoms with E-state index in [9.17, 15) is 0 Å². The summed E-state index contributed by atoms with van der Waals surface area (Å²) < 4.78 is 0. The van der Waals surface area contributed by atoms with Gasteiger partial charge in [0.25, 0.3) is 0 Å². The molecule has 2 nitrogen and oxygen atoms in total. The van der Waals surface area contributed by atoms with Gasteiger partial charge in [-0.1, -0.05) is 12.2 Å². The van der Waals surface area contributed by atoms with Crippen LogP contribution < -0.4 is 0 Å². The van der Waals surface area contributed by atoms with Crippen molar-refractivity contribution in [2.75, 3.05) is 11.5 Å². The average molecular weight is 198 g/mol. The molecule has 0 saturated carbocycles. The fraction of sp³-hybridized carbons (Fsp3) is 0.250. The van der Waals surface area contributed by atoms with Crippen LogP contribution in [0, 0.1) is 0 Å². The van der Waals surface area contributed by atoms with Gasteiger partial charge in [0.1, 0.15) is 6.33 Å². The van der Waals surface area contributed by atoms with E-state index in [0.717, 1.165) is 22.1 Å². The van der Waals surface area contributed by atoms with Crippen LogP contribution in [-0.4, -0.2) is 21.5 Å². The highest BCUT2D eigenvalue weighted by Crippen LogP contribution is 2.16. The van der Waals surface area contributed by atoms with Gasteiger partial charge in [-0.3, -0.25) is 0 Å². The Morgan fingerprint density at radius 2 is 2.50 bits per heavy atom. The van der Waals surface area contributed by atoms with Crippen molar-refractivity contribution in [1.82, 2.24) is 9.97 Å². The lowest BCUT2D eigenvalue weighted by Crippen LogP contribution is -1.88. The van der Waals surface area contributed by atoms with Gasteiger partial charge in [-0.05, 0) is 6.07 Å². The maximum absolute atomic E-state index is 4.12. The van der Waals surface area contributed by atoms with Crippen molar-refractivity contribution < 1.29 is 0 Å². The lowest BCUT2D eigenvalue weighted by molar-refractivity contribution is 1.05. The van der Waals surface area contributed by atoms with Crippen LogP contribution in [-0.2, 0) is 0 Å². The van der Waals surface area contributed by atoms with Crippen molar-refractivity contribution in [3.8, 4) is 0 Å². The maximum atomic E-state index is 4.12. The Hall–Kier alpha value is -0.480. The zero-order valence-corrected chi connectivity index (χ0v) is 8.31. The van der Waals surface area contributed by atoms with Gasteiger partial charge in [-0.25, -0.2) is 9.97 Å². The molecule has 1 aromatic rings.